The van der Waals surface area contributed by atoms with Gasteiger partial charge in [-0.1, -0.05) is 19.8 Å². The van der Waals surface area contributed by atoms with E-state index >= 15 is 0 Å². The highest BCUT2D eigenvalue weighted by Gasteiger charge is 2.59. The van der Waals surface area contributed by atoms with Crippen LogP contribution in [0.4, 0.5) is 0 Å². The Morgan fingerprint density at radius 1 is 1.30 bits per heavy atom. The Kier molecular flexibility index (Phi) is 5.18. The molecular weight excluding hydrogens is 282 g/mol. The van der Waals surface area contributed by atoms with E-state index in [9.17, 15) is 18.0 Å². The second-order valence-corrected chi connectivity index (χ2v) is 8.18. The molecule has 116 valence electrons. The molecule has 6 nitrogen and oxygen atoms in total. The van der Waals surface area contributed by atoms with Crippen LogP contribution in [-0.2, 0) is 19.6 Å². The zero-order valence-electron chi connectivity index (χ0n) is 12.3. The van der Waals surface area contributed by atoms with Crippen molar-refractivity contribution < 1.29 is 23.1 Å². The molecule has 1 unspecified atom stereocenters. The second-order valence-electron chi connectivity index (χ2n) is 5.77. The summed E-state index contributed by atoms with van der Waals surface area (Å²) in [7, 11) is -3.52. The third kappa shape index (κ3) is 3.13. The van der Waals surface area contributed by atoms with Gasteiger partial charge >= 0.3 is 5.97 Å². The fourth-order valence-corrected chi connectivity index (χ4v) is 3.99. The van der Waals surface area contributed by atoms with E-state index in [1.54, 1.807) is 0 Å². The predicted octanol–water partition coefficient (Wildman–Crippen LogP) is 1.61. The molecule has 0 aromatic rings. The predicted molar refractivity (Wildman–Crippen MR) is 74.6 cm³/mol. The molecule has 1 amide bonds. The summed E-state index contributed by atoms with van der Waals surface area (Å²) in [6.07, 6.45) is 2.89. The maximum Gasteiger partial charge on any atom is 0.303 e. The van der Waals surface area contributed by atoms with Gasteiger partial charge in [-0.2, -0.15) is 0 Å². The minimum absolute atomic E-state index is 0.0802. The molecule has 0 saturated carbocycles. The highest BCUT2D eigenvalue weighted by Crippen LogP contribution is 2.35. The molecule has 0 aliphatic carbocycles. The van der Waals surface area contributed by atoms with Gasteiger partial charge in [0.25, 0.3) is 15.9 Å². The minimum atomic E-state index is -3.52. The number of sulfonamides is 1. The van der Waals surface area contributed by atoms with Crippen LogP contribution < -0.4 is 0 Å². The Balaban J connectivity index is 2.56. The smallest absolute Gasteiger partial charge is 0.303 e. The topological polar surface area (TPSA) is 91.8 Å². The first-order valence-corrected chi connectivity index (χ1v) is 8.37. The summed E-state index contributed by atoms with van der Waals surface area (Å²) >= 11 is 0. The summed E-state index contributed by atoms with van der Waals surface area (Å²) in [5, 5.41) is 8.70. The van der Waals surface area contributed by atoms with Gasteiger partial charge in [-0.15, -0.1) is 0 Å². The standard InChI is InChI=1S/C13H23NO5S/c1-4-5-10(6-7-11(15)16)8-9-14-12(17)13(2,3)20(14,18)19/h10H,4-9H2,1-3H3,(H,15,16). The van der Waals surface area contributed by atoms with Crippen LogP contribution in [0.3, 0.4) is 0 Å². The van der Waals surface area contributed by atoms with Crippen molar-refractivity contribution in [2.24, 2.45) is 5.92 Å². The van der Waals surface area contributed by atoms with Crippen LogP contribution in [0, 0.1) is 5.92 Å². The molecule has 1 aliphatic heterocycles. The van der Waals surface area contributed by atoms with E-state index in [2.05, 4.69) is 0 Å². The first kappa shape index (κ1) is 16.9. The Hall–Kier alpha value is -1.11. The van der Waals surface area contributed by atoms with E-state index in [1.807, 2.05) is 6.92 Å². The summed E-state index contributed by atoms with van der Waals surface area (Å²) in [4.78, 5) is 22.4. The molecule has 1 fully saturated rings. The van der Waals surface area contributed by atoms with Gasteiger partial charge in [0.1, 0.15) is 0 Å². The summed E-state index contributed by atoms with van der Waals surface area (Å²) in [5.41, 5.74) is 0. The maximum atomic E-state index is 11.9. The Bertz CT molecular complexity index is 483. The van der Waals surface area contributed by atoms with Gasteiger partial charge in [0.15, 0.2) is 4.75 Å². The number of hydrogen-bond donors (Lipinski definition) is 1. The van der Waals surface area contributed by atoms with Gasteiger partial charge in [-0.3, -0.25) is 9.59 Å². The number of carbonyl (C=O) groups is 2. The SMILES string of the molecule is CCCC(CCC(=O)O)CCN1C(=O)C(C)(C)S1(=O)=O. The molecule has 1 aliphatic rings. The van der Waals surface area contributed by atoms with Crippen LogP contribution >= 0.6 is 0 Å². The highest BCUT2D eigenvalue weighted by molar-refractivity contribution is 7.94. The van der Waals surface area contributed by atoms with Crippen molar-refractivity contribution >= 4 is 21.9 Å². The first-order valence-electron chi connectivity index (χ1n) is 6.93. The van der Waals surface area contributed by atoms with Crippen molar-refractivity contribution in [1.82, 2.24) is 4.31 Å². The number of carboxylic acids is 1. The summed E-state index contributed by atoms with van der Waals surface area (Å²) < 4.78 is 23.5. The molecule has 1 atom stereocenters. The molecule has 7 heteroatoms. The van der Waals surface area contributed by atoms with Gasteiger partial charge in [0.2, 0.25) is 0 Å². The van der Waals surface area contributed by atoms with Crippen molar-refractivity contribution in [2.75, 3.05) is 6.54 Å². The van der Waals surface area contributed by atoms with Gasteiger partial charge < -0.3 is 5.11 Å². The fourth-order valence-electron chi connectivity index (χ4n) is 2.45. The highest BCUT2D eigenvalue weighted by atomic mass is 32.2. The van der Waals surface area contributed by atoms with E-state index in [1.165, 1.54) is 13.8 Å². The van der Waals surface area contributed by atoms with Crippen molar-refractivity contribution in [3.8, 4) is 0 Å². The molecule has 20 heavy (non-hydrogen) atoms. The van der Waals surface area contributed by atoms with E-state index in [0.29, 0.717) is 12.8 Å². The molecule has 0 aromatic carbocycles. The van der Waals surface area contributed by atoms with Crippen molar-refractivity contribution in [3.05, 3.63) is 0 Å². The molecule has 0 spiro atoms. The summed E-state index contributed by atoms with van der Waals surface area (Å²) in [6.45, 7) is 4.99. The van der Waals surface area contributed by atoms with Gasteiger partial charge in [-0.05, 0) is 32.6 Å². The Labute approximate surface area is 120 Å². The number of rotatable bonds is 8. The summed E-state index contributed by atoms with van der Waals surface area (Å²) in [6, 6.07) is 0. The average molecular weight is 305 g/mol. The molecule has 1 rings (SSSR count). The molecule has 0 bridgehead atoms. The van der Waals surface area contributed by atoms with Crippen LogP contribution in [0.15, 0.2) is 0 Å². The van der Waals surface area contributed by atoms with E-state index < -0.39 is 20.7 Å². The minimum Gasteiger partial charge on any atom is -0.481 e. The number of amides is 1. The monoisotopic (exact) mass is 305 g/mol. The van der Waals surface area contributed by atoms with E-state index in [0.717, 1.165) is 17.1 Å². The average Bonchev–Trinajstić information content (AvgIpc) is 2.35. The van der Waals surface area contributed by atoms with Crippen LogP contribution in [-0.4, -0.2) is 41.0 Å². The molecule has 1 N–H and O–H groups in total. The lowest BCUT2D eigenvalue weighted by Crippen LogP contribution is -2.67. The van der Waals surface area contributed by atoms with Crippen molar-refractivity contribution in [2.45, 2.75) is 57.6 Å². The Morgan fingerprint density at radius 3 is 2.35 bits per heavy atom. The van der Waals surface area contributed by atoms with E-state index in [-0.39, 0.29) is 24.8 Å². The quantitative estimate of drug-likeness (QED) is 0.735. The summed E-state index contributed by atoms with van der Waals surface area (Å²) in [5.74, 6) is -1.08. The lowest BCUT2D eigenvalue weighted by Gasteiger charge is -2.43. The number of carboxylic acid groups (broad SMARTS) is 1. The largest absolute Gasteiger partial charge is 0.481 e. The molecule has 0 aromatic heterocycles. The lowest BCUT2D eigenvalue weighted by molar-refractivity contribution is -0.137. The third-order valence-corrected chi connectivity index (χ3v) is 6.27. The number of carbonyl (C=O) groups excluding carboxylic acids is 1. The Morgan fingerprint density at radius 2 is 1.90 bits per heavy atom. The molecular formula is C13H23NO5S. The second kappa shape index (κ2) is 6.11. The molecule has 1 heterocycles. The fraction of sp³-hybridized carbons (Fsp3) is 0.846. The van der Waals surface area contributed by atoms with Gasteiger partial charge in [0.05, 0.1) is 0 Å². The van der Waals surface area contributed by atoms with Crippen molar-refractivity contribution in [1.29, 1.82) is 0 Å². The first-order chi connectivity index (χ1) is 9.14. The maximum absolute atomic E-state index is 11.9. The third-order valence-electron chi connectivity index (χ3n) is 3.88. The van der Waals surface area contributed by atoms with Gasteiger partial charge in [0, 0.05) is 13.0 Å². The zero-order chi connectivity index (χ0) is 15.6. The van der Waals surface area contributed by atoms with E-state index in [4.69, 9.17) is 5.11 Å². The van der Waals surface area contributed by atoms with Crippen LogP contribution in [0.25, 0.3) is 0 Å². The van der Waals surface area contributed by atoms with Crippen LogP contribution in [0.5, 0.6) is 0 Å². The van der Waals surface area contributed by atoms with Crippen LogP contribution in [0.2, 0.25) is 0 Å². The lowest BCUT2D eigenvalue weighted by atomic mass is 9.94. The molecule has 1 saturated heterocycles. The number of hydrogen-bond acceptors (Lipinski definition) is 4. The number of nitrogens with zero attached hydrogens (tertiary/aromatic N) is 1. The zero-order valence-corrected chi connectivity index (χ0v) is 13.1. The number of aliphatic carboxylic acids is 1. The van der Waals surface area contributed by atoms with Crippen molar-refractivity contribution in [3.63, 3.8) is 0 Å². The normalized spacial score (nSPS) is 21.4. The van der Waals surface area contributed by atoms with Gasteiger partial charge in [-0.25, -0.2) is 12.7 Å². The molecule has 0 radical (unpaired) electrons. The van der Waals surface area contributed by atoms with Crippen LogP contribution in [0.1, 0.15) is 52.9 Å².